The van der Waals surface area contributed by atoms with E-state index in [9.17, 15) is 13.2 Å². The first kappa shape index (κ1) is 16.5. The van der Waals surface area contributed by atoms with E-state index in [-0.39, 0.29) is 12.0 Å². The molecule has 0 radical (unpaired) electrons. The van der Waals surface area contributed by atoms with Gasteiger partial charge in [0, 0.05) is 10.5 Å². The summed E-state index contributed by atoms with van der Waals surface area (Å²) in [6.45, 7) is 6.82. The second kappa shape index (κ2) is 6.75. The van der Waals surface area contributed by atoms with Crippen LogP contribution in [0.1, 0.15) is 44.4 Å². The lowest BCUT2D eigenvalue weighted by Gasteiger charge is -2.25. The standard InChI is InChI=1S/C14H19BrF3N/c1-4-7-19-13(9(2)3)11-8-10(14(16,17)18)5-6-12(11)15/h5-6,8-9,13,19H,4,7H2,1-3H3. The van der Waals surface area contributed by atoms with Gasteiger partial charge in [-0.1, -0.05) is 36.7 Å². The maximum atomic E-state index is 12.8. The van der Waals surface area contributed by atoms with Gasteiger partial charge >= 0.3 is 6.18 Å². The molecular formula is C14H19BrF3N. The molecule has 1 unspecified atom stereocenters. The van der Waals surface area contributed by atoms with Crippen LogP contribution in [0.3, 0.4) is 0 Å². The molecule has 0 saturated heterocycles. The Hall–Kier alpha value is -0.550. The van der Waals surface area contributed by atoms with Crippen LogP contribution in [0.15, 0.2) is 22.7 Å². The van der Waals surface area contributed by atoms with Crippen LogP contribution in [-0.4, -0.2) is 6.54 Å². The van der Waals surface area contributed by atoms with Crippen LogP contribution in [0.25, 0.3) is 0 Å². The van der Waals surface area contributed by atoms with Crippen LogP contribution in [0.4, 0.5) is 13.2 Å². The third-order valence-electron chi connectivity index (χ3n) is 2.94. The van der Waals surface area contributed by atoms with Gasteiger partial charge in [-0.3, -0.25) is 0 Å². The average molecular weight is 338 g/mol. The monoisotopic (exact) mass is 337 g/mol. The molecule has 0 aromatic heterocycles. The number of halogens is 4. The first-order valence-corrected chi connectivity index (χ1v) is 7.16. The number of hydrogen-bond acceptors (Lipinski definition) is 1. The zero-order valence-electron chi connectivity index (χ0n) is 11.3. The molecule has 0 aliphatic carbocycles. The summed E-state index contributed by atoms with van der Waals surface area (Å²) in [4.78, 5) is 0. The molecular weight excluding hydrogens is 319 g/mol. The van der Waals surface area contributed by atoms with Gasteiger partial charge in [-0.15, -0.1) is 0 Å². The van der Waals surface area contributed by atoms with E-state index in [4.69, 9.17) is 0 Å². The summed E-state index contributed by atoms with van der Waals surface area (Å²) in [7, 11) is 0. The number of hydrogen-bond donors (Lipinski definition) is 1. The van der Waals surface area contributed by atoms with Crippen LogP contribution in [0, 0.1) is 5.92 Å². The van der Waals surface area contributed by atoms with Crippen LogP contribution in [0.5, 0.6) is 0 Å². The van der Waals surface area contributed by atoms with Crippen LogP contribution >= 0.6 is 15.9 Å². The van der Waals surface area contributed by atoms with Gasteiger partial charge in [0.05, 0.1) is 5.56 Å². The second-order valence-corrected chi connectivity index (χ2v) is 5.76. The van der Waals surface area contributed by atoms with Crippen molar-refractivity contribution in [3.63, 3.8) is 0 Å². The van der Waals surface area contributed by atoms with Crippen molar-refractivity contribution >= 4 is 15.9 Å². The molecule has 0 aliphatic rings. The van der Waals surface area contributed by atoms with Crippen molar-refractivity contribution in [2.75, 3.05) is 6.54 Å². The quantitative estimate of drug-likeness (QED) is 0.781. The van der Waals surface area contributed by atoms with Crippen molar-refractivity contribution in [3.05, 3.63) is 33.8 Å². The van der Waals surface area contributed by atoms with Crippen molar-refractivity contribution in [1.29, 1.82) is 0 Å². The van der Waals surface area contributed by atoms with Crippen molar-refractivity contribution in [3.8, 4) is 0 Å². The van der Waals surface area contributed by atoms with E-state index in [1.165, 1.54) is 12.1 Å². The molecule has 0 saturated carbocycles. The third-order valence-corrected chi connectivity index (χ3v) is 3.66. The van der Waals surface area contributed by atoms with Gasteiger partial charge in [0.1, 0.15) is 0 Å². The largest absolute Gasteiger partial charge is 0.416 e. The summed E-state index contributed by atoms with van der Waals surface area (Å²) in [6, 6.07) is 3.72. The highest BCUT2D eigenvalue weighted by molar-refractivity contribution is 9.10. The summed E-state index contributed by atoms with van der Waals surface area (Å²) in [5.74, 6) is 0.214. The Labute approximate surface area is 120 Å². The molecule has 1 aromatic carbocycles. The van der Waals surface area contributed by atoms with Crippen molar-refractivity contribution < 1.29 is 13.2 Å². The molecule has 19 heavy (non-hydrogen) atoms. The minimum absolute atomic E-state index is 0.0865. The molecule has 0 heterocycles. The van der Waals surface area contributed by atoms with E-state index in [0.29, 0.717) is 10.0 Å². The van der Waals surface area contributed by atoms with Crippen molar-refractivity contribution in [2.45, 2.75) is 39.4 Å². The predicted molar refractivity (Wildman–Crippen MR) is 75.0 cm³/mol. The van der Waals surface area contributed by atoms with Crippen molar-refractivity contribution in [2.24, 2.45) is 5.92 Å². The Bertz CT molecular complexity index is 416. The summed E-state index contributed by atoms with van der Waals surface area (Å²) in [5, 5.41) is 3.31. The van der Waals surface area contributed by atoms with Gasteiger partial charge in [0.25, 0.3) is 0 Å². The lowest BCUT2D eigenvalue weighted by molar-refractivity contribution is -0.137. The molecule has 0 spiro atoms. The smallest absolute Gasteiger partial charge is 0.310 e. The summed E-state index contributed by atoms with van der Waals surface area (Å²) in [5.41, 5.74) is 0.0629. The minimum Gasteiger partial charge on any atom is -0.310 e. The maximum Gasteiger partial charge on any atom is 0.416 e. The molecule has 1 aromatic rings. The molecule has 1 rings (SSSR count). The summed E-state index contributed by atoms with van der Waals surface area (Å²) < 4.78 is 39.1. The summed E-state index contributed by atoms with van der Waals surface area (Å²) >= 11 is 3.35. The van der Waals surface area contributed by atoms with E-state index in [1.54, 1.807) is 0 Å². The number of rotatable bonds is 5. The van der Waals surface area contributed by atoms with Crippen LogP contribution in [-0.2, 0) is 6.18 Å². The van der Waals surface area contributed by atoms with Gasteiger partial charge in [-0.25, -0.2) is 0 Å². The fourth-order valence-electron chi connectivity index (χ4n) is 1.96. The van der Waals surface area contributed by atoms with E-state index in [1.807, 2.05) is 20.8 Å². The first-order valence-electron chi connectivity index (χ1n) is 6.37. The van der Waals surface area contributed by atoms with Gasteiger partial charge < -0.3 is 5.32 Å². The normalized spacial score (nSPS) is 13.9. The zero-order chi connectivity index (χ0) is 14.6. The van der Waals surface area contributed by atoms with Crippen LogP contribution < -0.4 is 5.32 Å². The molecule has 5 heteroatoms. The summed E-state index contributed by atoms with van der Waals surface area (Å²) in [6.07, 6.45) is -3.36. The predicted octanol–water partition coefficient (Wildman–Crippen LogP) is 5.16. The lowest BCUT2D eigenvalue weighted by Crippen LogP contribution is -2.27. The highest BCUT2D eigenvalue weighted by Gasteiger charge is 2.32. The fourth-order valence-corrected chi connectivity index (χ4v) is 2.46. The van der Waals surface area contributed by atoms with E-state index in [0.717, 1.165) is 19.0 Å². The van der Waals surface area contributed by atoms with Gasteiger partial charge in [0.2, 0.25) is 0 Å². The Kier molecular flexibility index (Phi) is 5.86. The molecule has 1 N–H and O–H groups in total. The highest BCUT2D eigenvalue weighted by atomic mass is 79.9. The molecule has 0 amide bonds. The fraction of sp³-hybridized carbons (Fsp3) is 0.571. The van der Waals surface area contributed by atoms with Crippen molar-refractivity contribution in [1.82, 2.24) is 5.32 Å². The molecule has 1 atom stereocenters. The van der Waals surface area contributed by atoms with Gasteiger partial charge in [-0.05, 0) is 42.6 Å². The van der Waals surface area contributed by atoms with Gasteiger partial charge in [-0.2, -0.15) is 13.2 Å². The van der Waals surface area contributed by atoms with Gasteiger partial charge in [0.15, 0.2) is 0 Å². The molecule has 108 valence electrons. The number of benzene rings is 1. The van der Waals surface area contributed by atoms with E-state index < -0.39 is 11.7 Å². The SMILES string of the molecule is CCCNC(c1cc(C(F)(F)F)ccc1Br)C(C)C. The molecule has 0 bridgehead atoms. The first-order chi connectivity index (χ1) is 8.77. The molecule has 1 nitrogen and oxygen atoms in total. The third kappa shape index (κ3) is 4.49. The topological polar surface area (TPSA) is 12.0 Å². The Balaban J connectivity index is 3.14. The number of alkyl halides is 3. The number of nitrogens with one attached hydrogen (secondary N) is 1. The molecule has 0 fully saturated rings. The second-order valence-electron chi connectivity index (χ2n) is 4.91. The van der Waals surface area contributed by atoms with Crippen LogP contribution in [0.2, 0.25) is 0 Å². The lowest BCUT2D eigenvalue weighted by atomic mass is 9.94. The average Bonchev–Trinajstić information content (AvgIpc) is 2.29. The molecule has 0 aliphatic heterocycles. The maximum absolute atomic E-state index is 12.8. The Morgan fingerprint density at radius 3 is 2.37 bits per heavy atom. The zero-order valence-corrected chi connectivity index (χ0v) is 12.9. The Morgan fingerprint density at radius 1 is 1.26 bits per heavy atom. The van der Waals surface area contributed by atoms with E-state index in [2.05, 4.69) is 21.2 Å². The van der Waals surface area contributed by atoms with E-state index >= 15 is 0 Å². The highest BCUT2D eigenvalue weighted by Crippen LogP contribution is 2.35. The minimum atomic E-state index is -4.30. The Morgan fingerprint density at radius 2 is 1.89 bits per heavy atom.